The Labute approximate surface area is 115 Å². The fourth-order valence-corrected chi connectivity index (χ4v) is 3.23. The van der Waals surface area contributed by atoms with Gasteiger partial charge < -0.3 is 15.0 Å². The van der Waals surface area contributed by atoms with Crippen molar-refractivity contribution in [2.45, 2.75) is 31.4 Å². The van der Waals surface area contributed by atoms with Crippen LogP contribution in [0, 0.1) is 0 Å². The largest absolute Gasteiger partial charge is 0.374 e. The SMILES string of the molecule is CN1CCOC(CNC2CCCc3ccccc32)C1. The van der Waals surface area contributed by atoms with E-state index in [2.05, 4.69) is 41.5 Å². The first kappa shape index (κ1) is 13.1. The second kappa shape index (κ2) is 6.04. The third-order valence-electron chi connectivity index (χ3n) is 4.30. The Bertz CT molecular complexity index is 421. The van der Waals surface area contributed by atoms with Gasteiger partial charge >= 0.3 is 0 Å². The van der Waals surface area contributed by atoms with E-state index >= 15 is 0 Å². The molecule has 1 N–H and O–H groups in total. The Morgan fingerprint density at radius 3 is 3.16 bits per heavy atom. The summed E-state index contributed by atoms with van der Waals surface area (Å²) in [5, 5.41) is 3.72. The summed E-state index contributed by atoms with van der Waals surface area (Å²) in [5.41, 5.74) is 3.02. The molecule has 3 rings (SSSR count). The average molecular weight is 260 g/mol. The molecule has 2 atom stereocenters. The highest BCUT2D eigenvalue weighted by Gasteiger charge is 2.22. The molecule has 1 saturated heterocycles. The van der Waals surface area contributed by atoms with Gasteiger partial charge in [-0.2, -0.15) is 0 Å². The standard InChI is InChI=1S/C16H24N2O/c1-18-9-10-19-14(12-18)11-17-16-8-4-6-13-5-2-3-7-15(13)16/h2-3,5,7,14,16-17H,4,6,8-12H2,1H3. The zero-order valence-electron chi connectivity index (χ0n) is 11.8. The maximum atomic E-state index is 5.82. The Morgan fingerprint density at radius 1 is 1.37 bits per heavy atom. The van der Waals surface area contributed by atoms with Crippen molar-refractivity contribution in [2.75, 3.05) is 33.3 Å². The van der Waals surface area contributed by atoms with Gasteiger partial charge in [0.2, 0.25) is 0 Å². The van der Waals surface area contributed by atoms with E-state index in [4.69, 9.17) is 4.74 Å². The van der Waals surface area contributed by atoms with Crippen molar-refractivity contribution < 1.29 is 4.74 Å². The minimum atomic E-state index is 0.341. The average Bonchev–Trinajstić information content (AvgIpc) is 2.45. The van der Waals surface area contributed by atoms with Crippen molar-refractivity contribution in [3.63, 3.8) is 0 Å². The maximum Gasteiger partial charge on any atom is 0.0826 e. The number of hydrogen-bond donors (Lipinski definition) is 1. The molecule has 1 aromatic rings. The molecule has 1 fully saturated rings. The minimum Gasteiger partial charge on any atom is -0.374 e. The van der Waals surface area contributed by atoms with Gasteiger partial charge in [0.25, 0.3) is 0 Å². The smallest absolute Gasteiger partial charge is 0.0826 e. The van der Waals surface area contributed by atoms with Crippen molar-refractivity contribution in [2.24, 2.45) is 0 Å². The van der Waals surface area contributed by atoms with Gasteiger partial charge in [-0.1, -0.05) is 24.3 Å². The van der Waals surface area contributed by atoms with Crippen LogP contribution in [0.25, 0.3) is 0 Å². The molecule has 3 heteroatoms. The van der Waals surface area contributed by atoms with Crippen LogP contribution >= 0.6 is 0 Å². The highest BCUT2D eigenvalue weighted by molar-refractivity contribution is 5.32. The fourth-order valence-electron chi connectivity index (χ4n) is 3.23. The number of ether oxygens (including phenoxy) is 1. The molecule has 1 heterocycles. The quantitative estimate of drug-likeness (QED) is 0.899. The number of nitrogens with zero attached hydrogens (tertiary/aromatic N) is 1. The number of benzene rings is 1. The number of likely N-dealkylation sites (N-methyl/N-ethyl adjacent to an activating group) is 1. The maximum absolute atomic E-state index is 5.82. The summed E-state index contributed by atoms with van der Waals surface area (Å²) in [6.07, 6.45) is 4.12. The molecule has 0 aromatic heterocycles. The van der Waals surface area contributed by atoms with Crippen LogP contribution in [0.1, 0.15) is 30.0 Å². The molecular weight excluding hydrogens is 236 g/mol. The van der Waals surface area contributed by atoms with Crippen LogP contribution in [0.4, 0.5) is 0 Å². The Hall–Kier alpha value is -0.900. The first-order valence-corrected chi connectivity index (χ1v) is 7.44. The summed E-state index contributed by atoms with van der Waals surface area (Å²) in [6, 6.07) is 9.37. The van der Waals surface area contributed by atoms with E-state index < -0.39 is 0 Å². The van der Waals surface area contributed by atoms with Gasteiger partial charge in [0, 0.05) is 25.7 Å². The predicted molar refractivity (Wildman–Crippen MR) is 77.4 cm³/mol. The first-order chi connectivity index (χ1) is 9.33. The molecular formula is C16H24N2O. The molecule has 19 heavy (non-hydrogen) atoms. The number of rotatable bonds is 3. The monoisotopic (exact) mass is 260 g/mol. The molecule has 1 aliphatic carbocycles. The molecule has 104 valence electrons. The van der Waals surface area contributed by atoms with E-state index in [0.29, 0.717) is 12.1 Å². The van der Waals surface area contributed by atoms with E-state index in [1.807, 2.05) is 0 Å². The zero-order chi connectivity index (χ0) is 13.1. The van der Waals surface area contributed by atoms with Crippen molar-refractivity contribution in [3.8, 4) is 0 Å². The summed E-state index contributed by atoms with van der Waals surface area (Å²) in [4.78, 5) is 2.35. The number of fused-ring (bicyclic) bond motifs is 1. The molecule has 0 saturated carbocycles. The third kappa shape index (κ3) is 3.16. The van der Waals surface area contributed by atoms with Crippen molar-refractivity contribution >= 4 is 0 Å². The lowest BCUT2D eigenvalue weighted by molar-refractivity contribution is -0.0195. The van der Waals surface area contributed by atoms with Crippen molar-refractivity contribution in [1.29, 1.82) is 0 Å². The molecule has 0 amide bonds. The minimum absolute atomic E-state index is 0.341. The van der Waals surface area contributed by atoms with E-state index in [-0.39, 0.29) is 0 Å². The predicted octanol–water partition coefficient (Wildman–Crippen LogP) is 1.98. The van der Waals surface area contributed by atoms with Gasteiger partial charge in [-0.05, 0) is 37.4 Å². The van der Waals surface area contributed by atoms with Crippen LogP contribution in [0.15, 0.2) is 24.3 Å². The van der Waals surface area contributed by atoms with Crippen LogP contribution in [0.5, 0.6) is 0 Å². The van der Waals surface area contributed by atoms with Gasteiger partial charge in [-0.15, -0.1) is 0 Å². The van der Waals surface area contributed by atoms with Crippen LogP contribution in [-0.2, 0) is 11.2 Å². The lowest BCUT2D eigenvalue weighted by atomic mass is 9.87. The molecule has 0 spiro atoms. The molecule has 3 nitrogen and oxygen atoms in total. The van der Waals surface area contributed by atoms with E-state index in [9.17, 15) is 0 Å². The molecule has 2 aliphatic rings. The molecule has 0 bridgehead atoms. The van der Waals surface area contributed by atoms with Crippen LogP contribution in [-0.4, -0.2) is 44.3 Å². The Morgan fingerprint density at radius 2 is 2.26 bits per heavy atom. The second-order valence-electron chi connectivity index (χ2n) is 5.81. The van der Waals surface area contributed by atoms with E-state index in [1.165, 1.54) is 30.4 Å². The second-order valence-corrected chi connectivity index (χ2v) is 5.81. The van der Waals surface area contributed by atoms with Gasteiger partial charge in [0.1, 0.15) is 0 Å². The van der Waals surface area contributed by atoms with Crippen LogP contribution < -0.4 is 5.32 Å². The fraction of sp³-hybridized carbons (Fsp3) is 0.625. The summed E-state index contributed by atoms with van der Waals surface area (Å²) in [6.45, 7) is 3.93. The molecule has 1 aliphatic heterocycles. The van der Waals surface area contributed by atoms with Gasteiger partial charge in [-0.25, -0.2) is 0 Å². The summed E-state index contributed by atoms with van der Waals surface area (Å²) in [7, 11) is 2.17. The van der Waals surface area contributed by atoms with Crippen LogP contribution in [0.3, 0.4) is 0 Å². The Balaban J connectivity index is 1.59. The van der Waals surface area contributed by atoms with Gasteiger partial charge in [-0.3, -0.25) is 0 Å². The van der Waals surface area contributed by atoms with Crippen molar-refractivity contribution in [1.82, 2.24) is 10.2 Å². The summed E-state index contributed by atoms with van der Waals surface area (Å²) in [5.74, 6) is 0. The lowest BCUT2D eigenvalue weighted by Gasteiger charge is -2.33. The molecule has 2 unspecified atom stereocenters. The van der Waals surface area contributed by atoms with E-state index in [1.54, 1.807) is 0 Å². The third-order valence-corrected chi connectivity index (χ3v) is 4.30. The highest BCUT2D eigenvalue weighted by atomic mass is 16.5. The number of nitrogens with one attached hydrogen (secondary N) is 1. The number of aryl methyl sites for hydroxylation is 1. The van der Waals surface area contributed by atoms with E-state index in [0.717, 1.165) is 26.2 Å². The summed E-state index contributed by atoms with van der Waals surface area (Å²) >= 11 is 0. The van der Waals surface area contributed by atoms with Crippen molar-refractivity contribution in [3.05, 3.63) is 35.4 Å². The van der Waals surface area contributed by atoms with Gasteiger partial charge in [0.05, 0.1) is 12.7 Å². The summed E-state index contributed by atoms with van der Waals surface area (Å²) < 4.78 is 5.82. The highest BCUT2D eigenvalue weighted by Crippen LogP contribution is 2.29. The topological polar surface area (TPSA) is 24.5 Å². The van der Waals surface area contributed by atoms with Crippen LogP contribution in [0.2, 0.25) is 0 Å². The lowest BCUT2D eigenvalue weighted by Crippen LogP contribution is -2.45. The first-order valence-electron chi connectivity index (χ1n) is 7.44. The molecule has 1 aromatic carbocycles. The van der Waals surface area contributed by atoms with Gasteiger partial charge in [0.15, 0.2) is 0 Å². The number of hydrogen-bond acceptors (Lipinski definition) is 3. The Kier molecular flexibility index (Phi) is 4.16. The zero-order valence-corrected chi connectivity index (χ0v) is 11.8. The normalized spacial score (nSPS) is 28.1. The number of morpholine rings is 1. The molecule has 0 radical (unpaired) electrons.